The summed E-state index contributed by atoms with van der Waals surface area (Å²) in [5.41, 5.74) is 2.39. The summed E-state index contributed by atoms with van der Waals surface area (Å²) in [6.45, 7) is 0.0921. The molecule has 0 bridgehead atoms. The largest absolute Gasteiger partial charge is 0.495 e. The zero-order valence-corrected chi connectivity index (χ0v) is 19.5. The number of sulfonamides is 1. The molecule has 0 aliphatic carbocycles. The number of hydrogen-bond acceptors (Lipinski definition) is 6. The van der Waals surface area contributed by atoms with E-state index < -0.39 is 16.0 Å². The minimum atomic E-state index is -3.85. The number of carbonyl (C=O) groups is 1. The van der Waals surface area contributed by atoms with Gasteiger partial charge in [0.05, 0.1) is 28.9 Å². The summed E-state index contributed by atoms with van der Waals surface area (Å²) < 4.78 is 39.6. The Kier molecular flexibility index (Phi) is 6.65. The van der Waals surface area contributed by atoms with Crippen molar-refractivity contribution in [2.24, 2.45) is 0 Å². The van der Waals surface area contributed by atoms with Gasteiger partial charge in [-0.05, 0) is 60.2 Å². The van der Waals surface area contributed by atoms with Crippen LogP contribution >= 0.6 is 0 Å². The predicted molar refractivity (Wildman–Crippen MR) is 128 cm³/mol. The van der Waals surface area contributed by atoms with Crippen molar-refractivity contribution in [2.75, 3.05) is 18.5 Å². The number of methoxy groups -OCH3 is 1. The Morgan fingerprint density at radius 2 is 1.68 bits per heavy atom. The van der Waals surface area contributed by atoms with Crippen molar-refractivity contribution in [1.29, 1.82) is 0 Å². The lowest BCUT2D eigenvalue weighted by Gasteiger charge is -2.21. The van der Waals surface area contributed by atoms with Crippen molar-refractivity contribution in [3.8, 4) is 11.4 Å². The molecule has 0 spiro atoms. The highest BCUT2D eigenvalue weighted by Gasteiger charge is 2.24. The van der Waals surface area contributed by atoms with Gasteiger partial charge in [0, 0.05) is 19.4 Å². The van der Waals surface area contributed by atoms with Crippen molar-refractivity contribution in [3.63, 3.8) is 0 Å². The average molecular weight is 478 g/mol. The lowest BCUT2D eigenvalue weighted by molar-refractivity contribution is 0.0472. The van der Waals surface area contributed by atoms with Gasteiger partial charge in [-0.2, -0.15) is 5.10 Å². The highest BCUT2D eigenvalue weighted by atomic mass is 32.2. The summed E-state index contributed by atoms with van der Waals surface area (Å²) in [4.78, 5) is 12.5. The first-order valence-electron chi connectivity index (χ1n) is 10.4. The highest BCUT2D eigenvalue weighted by Crippen LogP contribution is 2.30. The quantitative estimate of drug-likeness (QED) is 0.356. The van der Waals surface area contributed by atoms with Crippen LogP contribution in [0.1, 0.15) is 15.9 Å². The molecule has 0 unspecified atom stereocenters. The third kappa shape index (κ3) is 4.79. The topological polar surface area (TPSA) is 90.7 Å². The maximum absolute atomic E-state index is 13.1. The number of nitrogens with zero attached hydrogens (tertiary/aromatic N) is 3. The zero-order valence-electron chi connectivity index (χ0n) is 18.7. The molecule has 0 amide bonds. The molecule has 9 heteroatoms. The monoisotopic (exact) mass is 477 g/mol. The molecule has 0 aliphatic heterocycles. The second-order valence-electron chi connectivity index (χ2n) is 7.36. The van der Waals surface area contributed by atoms with Gasteiger partial charge >= 0.3 is 5.97 Å². The Balaban J connectivity index is 1.42. The van der Waals surface area contributed by atoms with E-state index in [0.29, 0.717) is 11.4 Å². The number of rotatable bonds is 8. The molecule has 0 fully saturated rings. The van der Waals surface area contributed by atoms with Gasteiger partial charge in [-0.1, -0.05) is 24.3 Å². The van der Waals surface area contributed by atoms with Crippen molar-refractivity contribution < 1.29 is 22.7 Å². The molecule has 0 aliphatic rings. The molecule has 8 nitrogen and oxygen atoms in total. The van der Waals surface area contributed by atoms with E-state index in [-0.39, 0.29) is 17.1 Å². The molecule has 4 rings (SSSR count). The van der Waals surface area contributed by atoms with Gasteiger partial charge in [0.15, 0.2) is 0 Å². The zero-order chi connectivity index (χ0) is 24.1. The molecule has 0 saturated carbocycles. The molecular formula is C25H23N3O5S. The minimum Gasteiger partial charge on any atom is -0.495 e. The van der Waals surface area contributed by atoms with Crippen molar-refractivity contribution in [3.05, 3.63) is 102 Å². The van der Waals surface area contributed by atoms with Gasteiger partial charge in [0.2, 0.25) is 0 Å². The molecule has 174 valence electrons. The summed E-state index contributed by atoms with van der Waals surface area (Å²) in [5, 5.41) is 4.17. The SMILES string of the molecule is COc1ccccc1N(C)S(=O)(=O)c1ccc(C(=O)OCc2ccc(-n3cccn3)cc2)cc1. The number of para-hydroxylation sites is 2. The van der Waals surface area contributed by atoms with Crippen molar-refractivity contribution >= 4 is 21.7 Å². The molecule has 0 N–H and O–H groups in total. The van der Waals surface area contributed by atoms with E-state index in [9.17, 15) is 13.2 Å². The Hall–Kier alpha value is -4.11. The van der Waals surface area contributed by atoms with E-state index in [0.717, 1.165) is 15.6 Å². The van der Waals surface area contributed by atoms with Crippen LogP contribution in [0.5, 0.6) is 5.75 Å². The predicted octanol–water partition coefficient (Wildman–Crippen LogP) is 4.06. The standard InChI is InChI=1S/C25H23N3O5S/c1-27(23-6-3-4-7-24(23)32-2)34(30,31)22-14-10-20(11-15-22)25(29)33-18-19-8-12-21(13-9-19)28-17-5-16-26-28/h3-17H,18H2,1-2H3. The molecule has 3 aromatic carbocycles. The van der Waals surface area contributed by atoms with Crippen LogP contribution in [0.15, 0.2) is 96.2 Å². The van der Waals surface area contributed by atoms with Crippen LogP contribution in [-0.4, -0.2) is 38.3 Å². The summed E-state index contributed by atoms with van der Waals surface area (Å²) in [5.74, 6) is -0.107. The Labute approximate surface area is 198 Å². The fourth-order valence-corrected chi connectivity index (χ4v) is 4.55. The molecule has 34 heavy (non-hydrogen) atoms. The first kappa shape index (κ1) is 23.1. The number of esters is 1. The van der Waals surface area contributed by atoms with E-state index in [1.807, 2.05) is 36.5 Å². The van der Waals surface area contributed by atoms with Crippen LogP contribution < -0.4 is 9.04 Å². The smallest absolute Gasteiger partial charge is 0.338 e. The van der Waals surface area contributed by atoms with Crippen LogP contribution in [-0.2, 0) is 21.4 Å². The lowest BCUT2D eigenvalue weighted by atomic mass is 10.2. The van der Waals surface area contributed by atoms with Gasteiger partial charge in [-0.25, -0.2) is 17.9 Å². The third-order valence-corrected chi connectivity index (χ3v) is 7.03. The maximum atomic E-state index is 13.1. The van der Waals surface area contributed by atoms with Crippen LogP contribution in [0.3, 0.4) is 0 Å². The average Bonchev–Trinajstić information content (AvgIpc) is 3.42. The van der Waals surface area contributed by atoms with Gasteiger partial charge in [0.25, 0.3) is 10.0 Å². The first-order valence-corrected chi connectivity index (χ1v) is 11.8. The Morgan fingerprint density at radius 1 is 0.971 bits per heavy atom. The lowest BCUT2D eigenvalue weighted by Crippen LogP contribution is -2.27. The van der Waals surface area contributed by atoms with E-state index >= 15 is 0 Å². The number of ether oxygens (including phenoxy) is 2. The number of hydrogen-bond donors (Lipinski definition) is 0. The van der Waals surface area contributed by atoms with Gasteiger partial charge < -0.3 is 9.47 Å². The highest BCUT2D eigenvalue weighted by molar-refractivity contribution is 7.92. The second-order valence-corrected chi connectivity index (χ2v) is 9.33. The van der Waals surface area contributed by atoms with E-state index in [1.54, 1.807) is 35.1 Å². The first-order chi connectivity index (χ1) is 16.4. The van der Waals surface area contributed by atoms with E-state index in [1.165, 1.54) is 38.4 Å². The van der Waals surface area contributed by atoms with E-state index in [4.69, 9.17) is 9.47 Å². The van der Waals surface area contributed by atoms with Crippen molar-refractivity contribution in [2.45, 2.75) is 11.5 Å². The number of carbonyl (C=O) groups excluding carboxylic acids is 1. The minimum absolute atomic E-state index is 0.0478. The Morgan fingerprint density at radius 3 is 2.32 bits per heavy atom. The molecule has 0 radical (unpaired) electrons. The van der Waals surface area contributed by atoms with Crippen LogP contribution in [0.4, 0.5) is 5.69 Å². The number of benzene rings is 3. The molecule has 0 saturated heterocycles. The molecule has 4 aromatic rings. The molecule has 0 atom stereocenters. The Bertz CT molecular complexity index is 1370. The number of anilines is 1. The van der Waals surface area contributed by atoms with Gasteiger partial charge in [-0.3, -0.25) is 4.31 Å². The van der Waals surface area contributed by atoms with Gasteiger partial charge in [0.1, 0.15) is 12.4 Å². The fraction of sp³-hybridized carbons (Fsp3) is 0.120. The normalized spacial score (nSPS) is 11.1. The van der Waals surface area contributed by atoms with E-state index in [2.05, 4.69) is 5.10 Å². The summed E-state index contributed by atoms with van der Waals surface area (Å²) >= 11 is 0. The maximum Gasteiger partial charge on any atom is 0.338 e. The summed E-state index contributed by atoms with van der Waals surface area (Å²) in [7, 11) is -0.920. The van der Waals surface area contributed by atoms with Crippen LogP contribution in [0.25, 0.3) is 5.69 Å². The second kappa shape index (κ2) is 9.80. The van der Waals surface area contributed by atoms with Crippen molar-refractivity contribution in [1.82, 2.24) is 9.78 Å². The fourth-order valence-electron chi connectivity index (χ4n) is 3.34. The van der Waals surface area contributed by atoms with Gasteiger partial charge in [-0.15, -0.1) is 0 Å². The van der Waals surface area contributed by atoms with Crippen LogP contribution in [0.2, 0.25) is 0 Å². The summed E-state index contributed by atoms with van der Waals surface area (Å²) in [6.07, 6.45) is 3.54. The summed E-state index contributed by atoms with van der Waals surface area (Å²) in [6, 6.07) is 21.8. The molecule has 1 heterocycles. The number of aromatic nitrogens is 2. The van der Waals surface area contributed by atoms with Crippen LogP contribution in [0, 0.1) is 0 Å². The molecular weight excluding hydrogens is 454 g/mol. The molecule has 1 aromatic heterocycles. The third-order valence-electron chi connectivity index (χ3n) is 5.25.